The highest BCUT2D eigenvalue weighted by Gasteiger charge is 2.09. The van der Waals surface area contributed by atoms with E-state index in [4.69, 9.17) is 9.97 Å². The van der Waals surface area contributed by atoms with Crippen molar-refractivity contribution >= 4 is 48.6 Å². The van der Waals surface area contributed by atoms with Gasteiger partial charge in [-0.15, -0.1) is 0 Å². The number of hydrogen-bond acceptors (Lipinski definition) is 6. The maximum Gasteiger partial charge on any atom is 0.0894 e. The van der Waals surface area contributed by atoms with E-state index in [-0.39, 0.29) is 0 Å². The number of aromatic nitrogens is 6. The molecule has 0 atom stereocenters. The molecule has 0 aliphatic heterocycles. The molecule has 206 valence electrons. The minimum absolute atomic E-state index is 0.741. The number of rotatable bonds is 8. The molecule has 5 heterocycles. The van der Waals surface area contributed by atoms with E-state index in [2.05, 4.69) is 44.2 Å². The molecule has 6 heteroatoms. The minimum atomic E-state index is 0.741. The summed E-state index contributed by atoms with van der Waals surface area (Å²) in [5.41, 5.74) is 11.3. The molecule has 6 nitrogen and oxygen atoms in total. The summed E-state index contributed by atoms with van der Waals surface area (Å²) in [4.78, 5) is 27.5. The quantitative estimate of drug-likeness (QED) is 0.196. The van der Waals surface area contributed by atoms with Crippen molar-refractivity contribution in [3.05, 3.63) is 141 Å². The molecule has 0 saturated carbocycles. The smallest absolute Gasteiger partial charge is 0.0894 e. The Labute approximate surface area is 247 Å². The van der Waals surface area contributed by atoms with Gasteiger partial charge in [-0.05, 0) is 121 Å². The Morgan fingerprint density at radius 1 is 0.333 bits per heavy atom. The van der Waals surface area contributed by atoms with Gasteiger partial charge in [0.05, 0.1) is 22.8 Å². The lowest BCUT2D eigenvalue weighted by Gasteiger charge is -2.08. The van der Waals surface area contributed by atoms with Gasteiger partial charge in [-0.2, -0.15) is 0 Å². The molecule has 5 aromatic rings. The van der Waals surface area contributed by atoms with Crippen LogP contribution in [0.15, 0.2) is 73.8 Å². The van der Waals surface area contributed by atoms with Crippen LogP contribution < -0.4 is 0 Å². The summed E-state index contributed by atoms with van der Waals surface area (Å²) in [6.07, 6.45) is 30.7. The van der Waals surface area contributed by atoms with Crippen LogP contribution in [0.1, 0.15) is 67.3 Å². The first-order chi connectivity index (χ1) is 20.4. The second-order valence-electron chi connectivity index (χ2n) is 10.3. The molecular formula is C36H32N6. The van der Waals surface area contributed by atoms with Gasteiger partial charge in [-0.3, -0.25) is 19.9 Å². The first-order valence-electron chi connectivity index (χ1n) is 13.7. The van der Waals surface area contributed by atoms with Crippen LogP contribution in [0.5, 0.6) is 0 Å². The standard InChI is InChI=1S/C36H32N6/c1-25-13-29(21-37-17-25)5-9-33-34(10-6-30-14-26(2)18-38-22-30)42-36(12-8-32-16-28(4)20-40-24-32)35(41-33)11-7-31-15-27(3)19-39-23-31/h5-24H,1-4H3. The summed E-state index contributed by atoms with van der Waals surface area (Å²) >= 11 is 0. The van der Waals surface area contributed by atoms with Crippen LogP contribution in [-0.4, -0.2) is 29.9 Å². The Kier molecular flexibility index (Phi) is 8.94. The van der Waals surface area contributed by atoms with Crippen molar-refractivity contribution in [1.82, 2.24) is 29.9 Å². The fraction of sp³-hybridized carbons (Fsp3) is 0.111. The molecule has 0 saturated heterocycles. The predicted octanol–water partition coefficient (Wildman–Crippen LogP) is 7.97. The summed E-state index contributed by atoms with van der Waals surface area (Å²) in [6, 6.07) is 8.35. The molecule has 0 spiro atoms. The molecule has 5 aromatic heterocycles. The monoisotopic (exact) mass is 548 g/mol. The zero-order valence-electron chi connectivity index (χ0n) is 24.2. The van der Waals surface area contributed by atoms with E-state index in [1.807, 2.05) is 126 Å². The van der Waals surface area contributed by atoms with E-state index < -0.39 is 0 Å². The van der Waals surface area contributed by atoms with Crippen molar-refractivity contribution in [3.63, 3.8) is 0 Å². The van der Waals surface area contributed by atoms with Crippen molar-refractivity contribution in [1.29, 1.82) is 0 Å². The van der Waals surface area contributed by atoms with Crippen LogP contribution in [0.25, 0.3) is 48.6 Å². The van der Waals surface area contributed by atoms with Gasteiger partial charge >= 0.3 is 0 Å². The molecule has 5 rings (SSSR count). The Balaban J connectivity index is 1.63. The Bertz CT molecular complexity index is 1570. The molecule has 0 aromatic carbocycles. The van der Waals surface area contributed by atoms with E-state index >= 15 is 0 Å². The highest BCUT2D eigenvalue weighted by molar-refractivity contribution is 5.81. The largest absolute Gasteiger partial charge is 0.264 e. The van der Waals surface area contributed by atoms with Crippen LogP contribution >= 0.6 is 0 Å². The maximum atomic E-state index is 5.10. The molecular weight excluding hydrogens is 516 g/mol. The van der Waals surface area contributed by atoms with Gasteiger partial charge in [0.1, 0.15) is 0 Å². The molecule has 0 amide bonds. The molecule has 0 aliphatic carbocycles. The fourth-order valence-electron chi connectivity index (χ4n) is 4.36. The van der Waals surface area contributed by atoms with Crippen LogP contribution in [0.2, 0.25) is 0 Å². The average molecular weight is 549 g/mol. The second kappa shape index (κ2) is 13.3. The van der Waals surface area contributed by atoms with Crippen molar-refractivity contribution < 1.29 is 0 Å². The third-order valence-electron chi connectivity index (χ3n) is 6.33. The number of hydrogen-bond donors (Lipinski definition) is 0. The Morgan fingerprint density at radius 3 is 0.786 bits per heavy atom. The molecule has 0 fully saturated rings. The van der Waals surface area contributed by atoms with Crippen molar-refractivity contribution in [2.75, 3.05) is 0 Å². The van der Waals surface area contributed by atoms with Gasteiger partial charge in [-0.25, -0.2) is 9.97 Å². The zero-order valence-corrected chi connectivity index (χ0v) is 24.2. The number of aryl methyl sites for hydroxylation is 4. The van der Waals surface area contributed by atoms with Crippen molar-refractivity contribution in [3.8, 4) is 0 Å². The molecule has 0 aliphatic rings. The molecule has 0 bridgehead atoms. The first-order valence-corrected chi connectivity index (χ1v) is 13.7. The second-order valence-corrected chi connectivity index (χ2v) is 10.3. The van der Waals surface area contributed by atoms with Gasteiger partial charge in [0.15, 0.2) is 0 Å². The van der Waals surface area contributed by atoms with Crippen LogP contribution in [-0.2, 0) is 0 Å². The summed E-state index contributed by atoms with van der Waals surface area (Å²) in [6.45, 7) is 8.12. The SMILES string of the molecule is Cc1cncc(C=Cc2nc(C=Cc3cncc(C)c3)c(C=Cc3cncc(C)c3)nc2C=Cc2cncc(C)c2)c1. The summed E-state index contributed by atoms with van der Waals surface area (Å²) < 4.78 is 0. The minimum Gasteiger partial charge on any atom is -0.264 e. The lowest BCUT2D eigenvalue weighted by atomic mass is 10.1. The highest BCUT2D eigenvalue weighted by Crippen LogP contribution is 2.20. The molecule has 0 N–H and O–H groups in total. The fourth-order valence-corrected chi connectivity index (χ4v) is 4.36. The number of pyridine rings is 4. The lowest BCUT2D eigenvalue weighted by molar-refractivity contribution is 1.12. The first kappa shape index (κ1) is 28.2. The van der Waals surface area contributed by atoms with Gasteiger partial charge in [0.25, 0.3) is 0 Å². The molecule has 0 unspecified atom stereocenters. The maximum absolute atomic E-state index is 5.10. The van der Waals surface area contributed by atoms with E-state index in [0.29, 0.717) is 0 Å². The lowest BCUT2D eigenvalue weighted by Crippen LogP contribution is -2.00. The summed E-state index contributed by atoms with van der Waals surface area (Å²) in [7, 11) is 0. The Morgan fingerprint density at radius 2 is 0.571 bits per heavy atom. The summed E-state index contributed by atoms with van der Waals surface area (Å²) in [5, 5.41) is 0. The Hall–Kier alpha value is -5.36. The van der Waals surface area contributed by atoms with Crippen LogP contribution in [0.4, 0.5) is 0 Å². The highest BCUT2D eigenvalue weighted by atomic mass is 14.8. The molecule has 42 heavy (non-hydrogen) atoms. The van der Waals surface area contributed by atoms with Gasteiger partial charge in [0.2, 0.25) is 0 Å². The van der Waals surface area contributed by atoms with E-state index in [1.165, 1.54) is 0 Å². The van der Waals surface area contributed by atoms with E-state index in [9.17, 15) is 0 Å². The van der Waals surface area contributed by atoms with Crippen LogP contribution in [0, 0.1) is 27.7 Å². The van der Waals surface area contributed by atoms with Crippen molar-refractivity contribution in [2.45, 2.75) is 27.7 Å². The van der Waals surface area contributed by atoms with E-state index in [1.54, 1.807) is 0 Å². The van der Waals surface area contributed by atoms with E-state index in [0.717, 1.165) is 67.3 Å². The average Bonchev–Trinajstić information content (AvgIpc) is 2.97. The third-order valence-corrected chi connectivity index (χ3v) is 6.33. The summed E-state index contributed by atoms with van der Waals surface area (Å²) in [5.74, 6) is 0. The van der Waals surface area contributed by atoms with Crippen LogP contribution in [0.3, 0.4) is 0 Å². The van der Waals surface area contributed by atoms with Crippen molar-refractivity contribution in [2.24, 2.45) is 0 Å². The number of nitrogens with zero attached hydrogens (tertiary/aromatic N) is 6. The third kappa shape index (κ3) is 7.86. The van der Waals surface area contributed by atoms with Gasteiger partial charge in [0, 0.05) is 49.6 Å². The predicted molar refractivity (Wildman–Crippen MR) is 174 cm³/mol. The normalized spacial score (nSPS) is 11.9. The van der Waals surface area contributed by atoms with Gasteiger partial charge < -0.3 is 0 Å². The topological polar surface area (TPSA) is 77.3 Å². The molecule has 0 radical (unpaired) electrons. The zero-order chi connectivity index (χ0) is 29.3. The van der Waals surface area contributed by atoms with Gasteiger partial charge in [-0.1, -0.05) is 24.3 Å².